The first-order chi connectivity index (χ1) is 8.34. The van der Waals surface area contributed by atoms with E-state index in [-0.39, 0.29) is 12.1 Å². The third kappa shape index (κ3) is 2.07. The second-order valence-electron chi connectivity index (χ2n) is 4.83. The van der Waals surface area contributed by atoms with Crippen molar-refractivity contribution in [2.75, 3.05) is 6.54 Å². The Morgan fingerprint density at radius 2 is 2.24 bits per heavy atom. The maximum absolute atomic E-state index is 12.1. The minimum absolute atomic E-state index is 0.131. The summed E-state index contributed by atoms with van der Waals surface area (Å²) in [5.41, 5.74) is 3.19. The monoisotopic (exact) mass is 231 g/mol. The van der Waals surface area contributed by atoms with E-state index in [1.54, 1.807) is 0 Å². The molecule has 1 saturated carbocycles. The average molecular weight is 231 g/mol. The van der Waals surface area contributed by atoms with Gasteiger partial charge in [0.15, 0.2) is 0 Å². The second-order valence-corrected chi connectivity index (χ2v) is 4.83. The van der Waals surface area contributed by atoms with Crippen LogP contribution in [0, 0.1) is 0 Å². The van der Waals surface area contributed by atoms with E-state index in [9.17, 15) is 4.79 Å². The van der Waals surface area contributed by atoms with Crippen molar-refractivity contribution in [1.29, 1.82) is 0 Å². The number of hydrogen-bond acceptors (Lipinski definition) is 3. The summed E-state index contributed by atoms with van der Waals surface area (Å²) < 4.78 is 5.48. The fraction of sp³-hybridized carbons (Fsp3) is 0.500. The molecule has 17 heavy (non-hydrogen) atoms. The van der Waals surface area contributed by atoms with Gasteiger partial charge in [0.25, 0.3) is 0 Å². The van der Waals surface area contributed by atoms with Crippen molar-refractivity contribution in [3.8, 4) is 0 Å². The summed E-state index contributed by atoms with van der Waals surface area (Å²) in [4.78, 5) is 12.1. The Kier molecular flexibility index (Phi) is 2.85. The Balaban J connectivity index is 1.83. The predicted octanol–water partition coefficient (Wildman–Crippen LogP) is 2.04. The van der Waals surface area contributed by atoms with E-state index in [2.05, 4.69) is 11.4 Å². The molecule has 3 rings (SSSR count). The Hall–Kier alpha value is -1.35. The topological polar surface area (TPSA) is 38.3 Å². The van der Waals surface area contributed by atoms with Gasteiger partial charge < -0.3 is 10.1 Å². The van der Waals surface area contributed by atoms with Crippen LogP contribution in [0.3, 0.4) is 0 Å². The van der Waals surface area contributed by atoms with Crippen molar-refractivity contribution < 1.29 is 9.53 Å². The van der Waals surface area contributed by atoms with Gasteiger partial charge >= 0.3 is 5.97 Å². The molecule has 0 aromatic heterocycles. The summed E-state index contributed by atoms with van der Waals surface area (Å²) in [5.74, 6) is -0.131. The summed E-state index contributed by atoms with van der Waals surface area (Å²) >= 11 is 0. The Morgan fingerprint density at radius 1 is 1.35 bits per heavy atom. The molecule has 1 fully saturated rings. The molecule has 1 aliphatic heterocycles. The molecule has 0 bridgehead atoms. The molecule has 0 amide bonds. The summed E-state index contributed by atoms with van der Waals surface area (Å²) in [5, 5.41) is 3.32. The zero-order valence-electron chi connectivity index (χ0n) is 9.87. The predicted molar refractivity (Wildman–Crippen MR) is 64.9 cm³/mol. The molecule has 2 aliphatic rings. The number of esters is 1. The van der Waals surface area contributed by atoms with Gasteiger partial charge in [-0.3, -0.25) is 0 Å². The van der Waals surface area contributed by atoms with Crippen LogP contribution < -0.4 is 5.32 Å². The molecule has 0 spiro atoms. The zero-order valence-corrected chi connectivity index (χ0v) is 9.87. The second kappa shape index (κ2) is 4.49. The number of benzene rings is 1. The maximum Gasteiger partial charge on any atom is 0.338 e. The molecule has 0 unspecified atom stereocenters. The molecule has 3 nitrogen and oxygen atoms in total. The van der Waals surface area contributed by atoms with Crippen LogP contribution in [0.15, 0.2) is 18.2 Å². The van der Waals surface area contributed by atoms with Gasteiger partial charge in [0.1, 0.15) is 6.10 Å². The lowest BCUT2D eigenvalue weighted by Gasteiger charge is -2.26. The molecule has 0 saturated heterocycles. The number of hydrogen-bond donors (Lipinski definition) is 1. The summed E-state index contributed by atoms with van der Waals surface area (Å²) in [7, 11) is 0. The average Bonchev–Trinajstić information content (AvgIpc) is 2.33. The van der Waals surface area contributed by atoms with Gasteiger partial charge in [0, 0.05) is 6.54 Å². The SMILES string of the molecule is O=C(OC1CCC1)c1cccc2c1CCNC2. The summed E-state index contributed by atoms with van der Waals surface area (Å²) in [6, 6.07) is 5.93. The number of fused-ring (bicyclic) bond motifs is 1. The van der Waals surface area contributed by atoms with Gasteiger partial charge in [0.05, 0.1) is 5.56 Å². The standard InChI is InChI=1S/C14H17NO2/c16-14(17-11-4-2-5-11)13-6-1-3-10-9-15-8-7-12(10)13/h1,3,6,11,15H,2,4-5,7-9H2. The lowest BCUT2D eigenvalue weighted by atomic mass is 9.94. The van der Waals surface area contributed by atoms with E-state index in [1.807, 2.05) is 12.1 Å². The molecule has 3 heteroatoms. The number of nitrogens with one attached hydrogen (secondary N) is 1. The highest BCUT2D eigenvalue weighted by atomic mass is 16.5. The van der Waals surface area contributed by atoms with Gasteiger partial charge in [-0.05, 0) is 49.4 Å². The molecule has 1 aromatic rings. The highest BCUT2D eigenvalue weighted by molar-refractivity contribution is 5.91. The van der Waals surface area contributed by atoms with E-state index < -0.39 is 0 Å². The fourth-order valence-corrected chi connectivity index (χ4v) is 2.43. The molecule has 90 valence electrons. The van der Waals surface area contributed by atoms with Gasteiger partial charge in [-0.2, -0.15) is 0 Å². The van der Waals surface area contributed by atoms with Gasteiger partial charge in [0.2, 0.25) is 0 Å². The van der Waals surface area contributed by atoms with Gasteiger partial charge in [-0.1, -0.05) is 12.1 Å². The fourth-order valence-electron chi connectivity index (χ4n) is 2.43. The van der Waals surface area contributed by atoms with Crippen LogP contribution >= 0.6 is 0 Å². The Morgan fingerprint density at radius 3 is 3.00 bits per heavy atom. The lowest BCUT2D eigenvalue weighted by Crippen LogP contribution is -2.28. The number of ether oxygens (including phenoxy) is 1. The first-order valence-electron chi connectivity index (χ1n) is 6.37. The largest absolute Gasteiger partial charge is 0.459 e. The molecule has 1 N–H and O–H groups in total. The van der Waals surface area contributed by atoms with E-state index in [0.717, 1.165) is 37.9 Å². The normalized spacial score (nSPS) is 19.3. The Bertz CT molecular complexity index is 438. The highest BCUT2D eigenvalue weighted by Crippen LogP contribution is 2.25. The van der Waals surface area contributed by atoms with Crippen LogP contribution in [0.2, 0.25) is 0 Å². The number of carbonyl (C=O) groups is 1. The molecule has 1 aromatic carbocycles. The molecule has 0 atom stereocenters. The smallest absolute Gasteiger partial charge is 0.338 e. The van der Waals surface area contributed by atoms with Crippen molar-refractivity contribution in [2.45, 2.75) is 38.3 Å². The Labute approximate surface area is 101 Å². The van der Waals surface area contributed by atoms with Gasteiger partial charge in [-0.25, -0.2) is 4.79 Å². The minimum Gasteiger partial charge on any atom is -0.459 e. The summed E-state index contributed by atoms with van der Waals surface area (Å²) in [6.07, 6.45) is 4.34. The third-order valence-corrected chi connectivity index (χ3v) is 3.69. The first-order valence-corrected chi connectivity index (χ1v) is 6.37. The minimum atomic E-state index is -0.131. The van der Waals surface area contributed by atoms with Crippen LogP contribution in [0.25, 0.3) is 0 Å². The van der Waals surface area contributed by atoms with Crippen molar-refractivity contribution >= 4 is 5.97 Å². The van der Waals surface area contributed by atoms with Crippen LogP contribution in [-0.2, 0) is 17.7 Å². The van der Waals surface area contributed by atoms with Crippen LogP contribution in [-0.4, -0.2) is 18.6 Å². The van der Waals surface area contributed by atoms with Crippen molar-refractivity contribution in [3.05, 3.63) is 34.9 Å². The first kappa shape index (κ1) is 10.8. The third-order valence-electron chi connectivity index (χ3n) is 3.69. The maximum atomic E-state index is 12.1. The van der Waals surface area contributed by atoms with E-state index in [1.165, 1.54) is 17.5 Å². The van der Waals surface area contributed by atoms with Crippen molar-refractivity contribution in [1.82, 2.24) is 5.32 Å². The summed E-state index contributed by atoms with van der Waals surface area (Å²) in [6.45, 7) is 1.81. The van der Waals surface area contributed by atoms with Gasteiger partial charge in [-0.15, -0.1) is 0 Å². The quantitative estimate of drug-likeness (QED) is 0.792. The van der Waals surface area contributed by atoms with Crippen LogP contribution in [0.1, 0.15) is 40.7 Å². The van der Waals surface area contributed by atoms with Crippen LogP contribution in [0.4, 0.5) is 0 Å². The van der Waals surface area contributed by atoms with E-state index in [4.69, 9.17) is 4.74 Å². The number of rotatable bonds is 2. The zero-order chi connectivity index (χ0) is 11.7. The van der Waals surface area contributed by atoms with Crippen LogP contribution in [0.5, 0.6) is 0 Å². The van der Waals surface area contributed by atoms with E-state index >= 15 is 0 Å². The van der Waals surface area contributed by atoms with Crippen molar-refractivity contribution in [3.63, 3.8) is 0 Å². The molecule has 1 aliphatic carbocycles. The lowest BCUT2D eigenvalue weighted by molar-refractivity contribution is 0.00886. The van der Waals surface area contributed by atoms with E-state index in [0.29, 0.717) is 0 Å². The number of carbonyl (C=O) groups excluding carboxylic acids is 1. The molecular formula is C14H17NO2. The van der Waals surface area contributed by atoms with Crippen molar-refractivity contribution in [2.24, 2.45) is 0 Å². The highest BCUT2D eigenvalue weighted by Gasteiger charge is 2.24. The molecular weight excluding hydrogens is 214 g/mol. The molecule has 1 heterocycles. The molecule has 0 radical (unpaired) electrons.